The molecule has 0 spiro atoms. The van der Waals surface area contributed by atoms with Crippen molar-refractivity contribution in [2.75, 3.05) is 19.6 Å². The summed E-state index contributed by atoms with van der Waals surface area (Å²) in [6.45, 7) is 4.46. The van der Waals surface area contributed by atoms with E-state index in [0.29, 0.717) is 17.9 Å². The normalized spacial score (nSPS) is 22.6. The number of hydrogen-bond acceptors (Lipinski definition) is 4. The number of hydrogen-bond donors (Lipinski definition) is 0. The molecule has 1 saturated carbocycles. The van der Waals surface area contributed by atoms with Crippen LogP contribution in [0.25, 0.3) is 0 Å². The van der Waals surface area contributed by atoms with E-state index in [1.807, 2.05) is 53.3 Å². The van der Waals surface area contributed by atoms with Crippen molar-refractivity contribution in [3.05, 3.63) is 48.3 Å². The van der Waals surface area contributed by atoms with E-state index in [4.69, 9.17) is 4.74 Å². The lowest BCUT2D eigenvalue weighted by Crippen LogP contribution is -2.52. The Balaban J connectivity index is 1.63. The second-order valence-corrected chi connectivity index (χ2v) is 9.09. The van der Waals surface area contributed by atoms with Crippen molar-refractivity contribution >= 4 is 11.8 Å². The van der Waals surface area contributed by atoms with Gasteiger partial charge < -0.3 is 14.5 Å². The molecule has 0 N–H and O–H groups in total. The number of ether oxygens (including phenoxy) is 1. The van der Waals surface area contributed by atoms with Crippen LogP contribution in [-0.2, 0) is 11.3 Å². The van der Waals surface area contributed by atoms with Gasteiger partial charge in [0.2, 0.25) is 5.91 Å². The van der Waals surface area contributed by atoms with Crippen LogP contribution in [0.1, 0.15) is 68.6 Å². The molecule has 2 aliphatic rings. The maximum absolute atomic E-state index is 13.4. The molecule has 2 heterocycles. The first kappa shape index (κ1) is 23.3. The molecule has 0 saturated heterocycles. The van der Waals surface area contributed by atoms with E-state index in [2.05, 4.69) is 5.10 Å². The molecule has 4 rings (SSSR count). The Morgan fingerprint density at radius 3 is 2.61 bits per heavy atom. The minimum absolute atomic E-state index is 0.00943. The first-order valence-corrected chi connectivity index (χ1v) is 12.5. The van der Waals surface area contributed by atoms with Gasteiger partial charge in [-0.1, -0.05) is 31.4 Å². The number of aromatic nitrogens is 2. The van der Waals surface area contributed by atoms with Gasteiger partial charge in [0, 0.05) is 32.0 Å². The minimum atomic E-state index is -0.118. The van der Waals surface area contributed by atoms with Crippen LogP contribution < -0.4 is 4.74 Å². The SMILES string of the molecule is CCN1CCCCCCN(C(=O)Cn2cccn2)[C@@H]2CCCC[C@@H]2Oc2ccccc2C1=O. The van der Waals surface area contributed by atoms with Crippen LogP contribution in [0.3, 0.4) is 0 Å². The Bertz CT molecular complexity index is 914. The Morgan fingerprint density at radius 1 is 1.03 bits per heavy atom. The third-order valence-corrected chi connectivity index (χ3v) is 6.89. The van der Waals surface area contributed by atoms with Crippen molar-refractivity contribution in [3.63, 3.8) is 0 Å². The molecule has 7 nitrogen and oxygen atoms in total. The van der Waals surface area contributed by atoms with Gasteiger partial charge in [-0.25, -0.2) is 0 Å². The van der Waals surface area contributed by atoms with Crippen LogP contribution >= 0.6 is 0 Å². The van der Waals surface area contributed by atoms with E-state index in [1.165, 1.54) is 0 Å². The van der Waals surface area contributed by atoms with E-state index in [0.717, 1.165) is 64.5 Å². The first-order chi connectivity index (χ1) is 16.2. The zero-order chi connectivity index (χ0) is 23.0. The van der Waals surface area contributed by atoms with E-state index in [-0.39, 0.29) is 30.5 Å². The summed E-state index contributed by atoms with van der Waals surface area (Å²) in [5, 5.41) is 4.23. The van der Waals surface area contributed by atoms with Crippen LogP contribution in [0.15, 0.2) is 42.7 Å². The third-order valence-electron chi connectivity index (χ3n) is 6.89. The molecule has 1 aromatic heterocycles. The van der Waals surface area contributed by atoms with Crippen LogP contribution in [0.2, 0.25) is 0 Å². The average molecular weight is 453 g/mol. The third kappa shape index (κ3) is 5.75. The minimum Gasteiger partial charge on any atom is -0.487 e. The largest absolute Gasteiger partial charge is 0.487 e. The lowest BCUT2D eigenvalue weighted by Gasteiger charge is -2.40. The lowest BCUT2D eigenvalue weighted by molar-refractivity contribution is -0.137. The fourth-order valence-electron chi connectivity index (χ4n) is 5.09. The molecule has 1 fully saturated rings. The van der Waals surface area contributed by atoms with Crippen molar-refractivity contribution in [1.82, 2.24) is 19.6 Å². The van der Waals surface area contributed by atoms with Gasteiger partial charge >= 0.3 is 0 Å². The summed E-state index contributed by atoms with van der Waals surface area (Å²) in [4.78, 5) is 30.7. The van der Waals surface area contributed by atoms with Crippen LogP contribution in [-0.4, -0.2) is 63.2 Å². The second kappa shape index (κ2) is 11.3. The Kier molecular flexibility index (Phi) is 8.02. The number of carbonyl (C=O) groups is 2. The topological polar surface area (TPSA) is 67.7 Å². The molecular weight excluding hydrogens is 416 g/mol. The van der Waals surface area contributed by atoms with Gasteiger partial charge in [0.1, 0.15) is 18.4 Å². The predicted octanol–water partition coefficient (Wildman–Crippen LogP) is 4.14. The highest BCUT2D eigenvalue weighted by Crippen LogP contribution is 2.30. The molecule has 2 atom stereocenters. The Hall–Kier alpha value is -2.83. The van der Waals surface area contributed by atoms with Gasteiger partial charge in [-0.2, -0.15) is 5.10 Å². The van der Waals surface area contributed by atoms with Gasteiger partial charge in [-0.05, 0) is 57.2 Å². The highest BCUT2D eigenvalue weighted by molar-refractivity contribution is 5.97. The van der Waals surface area contributed by atoms with E-state index in [9.17, 15) is 9.59 Å². The number of para-hydroxylation sites is 1. The standard InChI is InChI=1S/C26H36N4O3/c1-2-28-17-9-3-4-10-19-30(25(31)20-29-18-11-16-27-29)22-13-6-8-15-24(22)33-23-14-7-5-12-21(23)26(28)32/h5,7,11-12,14,16,18,22,24H,2-4,6,8-10,13,15,17,19-20H2,1H3/t22-,24+/m1/s1. The number of amides is 2. The van der Waals surface area contributed by atoms with Crippen LogP contribution in [0.5, 0.6) is 5.75 Å². The molecule has 2 aromatic rings. The summed E-state index contributed by atoms with van der Waals surface area (Å²) < 4.78 is 8.25. The summed E-state index contributed by atoms with van der Waals surface area (Å²) in [5.41, 5.74) is 0.621. The maximum atomic E-state index is 13.4. The summed E-state index contributed by atoms with van der Waals surface area (Å²) >= 11 is 0. The van der Waals surface area contributed by atoms with E-state index in [1.54, 1.807) is 10.9 Å². The summed E-state index contributed by atoms with van der Waals surface area (Å²) in [5.74, 6) is 0.756. The number of nitrogens with zero attached hydrogens (tertiary/aromatic N) is 4. The number of carbonyl (C=O) groups excluding carboxylic acids is 2. The van der Waals surface area contributed by atoms with Gasteiger partial charge in [0.05, 0.1) is 11.6 Å². The lowest BCUT2D eigenvalue weighted by atomic mass is 9.90. The molecule has 2 amide bonds. The molecule has 1 aliphatic heterocycles. The molecule has 178 valence electrons. The molecule has 0 radical (unpaired) electrons. The number of benzene rings is 1. The smallest absolute Gasteiger partial charge is 0.257 e. The fraction of sp³-hybridized carbons (Fsp3) is 0.577. The van der Waals surface area contributed by atoms with Crippen LogP contribution in [0.4, 0.5) is 0 Å². The highest BCUT2D eigenvalue weighted by atomic mass is 16.5. The quantitative estimate of drug-likeness (QED) is 0.702. The first-order valence-electron chi connectivity index (χ1n) is 12.5. The summed E-state index contributed by atoms with van der Waals surface area (Å²) in [6.07, 6.45) is 11.4. The van der Waals surface area contributed by atoms with Gasteiger partial charge in [-0.3, -0.25) is 14.3 Å². The molecule has 1 aliphatic carbocycles. The van der Waals surface area contributed by atoms with Gasteiger partial charge in [0.15, 0.2) is 0 Å². The molecule has 7 heteroatoms. The summed E-state index contributed by atoms with van der Waals surface area (Å²) in [7, 11) is 0. The van der Waals surface area contributed by atoms with E-state index >= 15 is 0 Å². The highest BCUT2D eigenvalue weighted by Gasteiger charge is 2.35. The van der Waals surface area contributed by atoms with Gasteiger partial charge in [-0.15, -0.1) is 0 Å². The molecular formula is C26H36N4O3. The predicted molar refractivity (Wildman–Crippen MR) is 127 cm³/mol. The van der Waals surface area contributed by atoms with E-state index < -0.39 is 0 Å². The molecule has 1 aromatic carbocycles. The number of fused-ring (bicyclic) bond motifs is 2. The van der Waals surface area contributed by atoms with Crippen molar-refractivity contribution < 1.29 is 14.3 Å². The fourth-order valence-corrected chi connectivity index (χ4v) is 5.09. The zero-order valence-electron chi connectivity index (χ0n) is 19.7. The van der Waals surface area contributed by atoms with Crippen molar-refractivity contribution in [3.8, 4) is 5.75 Å². The van der Waals surface area contributed by atoms with Crippen molar-refractivity contribution in [2.45, 2.75) is 77.0 Å². The molecule has 33 heavy (non-hydrogen) atoms. The van der Waals surface area contributed by atoms with Crippen molar-refractivity contribution in [2.24, 2.45) is 0 Å². The van der Waals surface area contributed by atoms with Crippen LogP contribution in [0, 0.1) is 0 Å². The Labute approximate surface area is 196 Å². The number of rotatable bonds is 3. The maximum Gasteiger partial charge on any atom is 0.257 e. The molecule has 0 bridgehead atoms. The molecule has 0 unspecified atom stereocenters. The zero-order valence-corrected chi connectivity index (χ0v) is 19.7. The van der Waals surface area contributed by atoms with Crippen molar-refractivity contribution in [1.29, 1.82) is 0 Å². The second-order valence-electron chi connectivity index (χ2n) is 9.09. The monoisotopic (exact) mass is 452 g/mol. The summed E-state index contributed by atoms with van der Waals surface area (Å²) in [6, 6.07) is 9.43. The Morgan fingerprint density at radius 2 is 1.82 bits per heavy atom. The average Bonchev–Trinajstić information content (AvgIpc) is 3.34. The van der Waals surface area contributed by atoms with Gasteiger partial charge in [0.25, 0.3) is 5.91 Å².